The topological polar surface area (TPSA) is 689 Å². The second-order valence-electron chi connectivity index (χ2n) is 2.05. The molecular formula is H40Mg2O28P4. The molecule has 0 fully saturated rings. The van der Waals surface area contributed by atoms with Crippen molar-refractivity contribution in [2.24, 2.45) is 0 Å². The molecule has 0 saturated heterocycles. The third-order valence-electron chi connectivity index (χ3n) is 0. The highest BCUT2D eigenvalue weighted by molar-refractivity contribution is 7.45. The highest BCUT2D eigenvalue weighted by Gasteiger charge is 2.01. The fourth-order valence-corrected chi connectivity index (χ4v) is 0. The molecule has 0 radical (unpaired) electrons. The molecule has 0 rings (SSSR count). The van der Waals surface area contributed by atoms with Gasteiger partial charge < -0.3 is 124 Å². The van der Waals surface area contributed by atoms with Gasteiger partial charge in [-0.2, -0.15) is 0 Å². The summed E-state index contributed by atoms with van der Waals surface area (Å²) in [6.07, 6.45) is 0. The number of phosphoric acid groups is 4. The van der Waals surface area contributed by atoms with E-state index in [1.165, 1.54) is 0 Å². The molecule has 232 valence electrons. The summed E-state index contributed by atoms with van der Waals surface area (Å²) in [4.78, 5) is 86.2. The van der Waals surface area contributed by atoms with Crippen molar-refractivity contribution in [3.05, 3.63) is 0 Å². The summed E-state index contributed by atoms with van der Waals surface area (Å²) >= 11 is 0. The third kappa shape index (κ3) is 15900. The molecule has 0 unspecified atom stereocenters. The van der Waals surface area contributed by atoms with Crippen LogP contribution in [0.3, 0.4) is 0 Å². The first-order valence-electron chi connectivity index (χ1n) is 3.13. The molecule has 0 atom stereocenters. The van der Waals surface area contributed by atoms with Crippen LogP contribution in [-0.2, 0) is 18.3 Å². The third-order valence-corrected chi connectivity index (χ3v) is 0. The van der Waals surface area contributed by atoms with Crippen LogP contribution in [0.5, 0.6) is 0 Å². The summed E-state index contributed by atoms with van der Waals surface area (Å²) in [6, 6.07) is 0. The van der Waals surface area contributed by atoms with Crippen molar-refractivity contribution in [3.8, 4) is 0 Å². The molecule has 0 aliphatic rings. The standard InChI is InChI=1S/2Mg.4H3O4P.12H2O.4H/c;;4*1-5(2,3)4;;;;;;;;;;;;;;;;/h;;4*(H3,1,2,3,4);12*1H2;;;;. The summed E-state index contributed by atoms with van der Waals surface area (Å²) in [5.74, 6) is 0. The zero-order valence-corrected chi connectivity index (χ0v) is 18.4. The molecule has 28 nitrogen and oxygen atoms in total. The zero-order valence-electron chi connectivity index (χ0n) is 14.8. The number of rotatable bonds is 0. The minimum atomic E-state index is -4.64. The molecule has 36 N–H and O–H groups in total. The maximum atomic E-state index is 8.88. The molecule has 0 bridgehead atoms. The lowest BCUT2D eigenvalue weighted by Gasteiger charge is -1.82. The van der Waals surface area contributed by atoms with Crippen molar-refractivity contribution in [2.45, 2.75) is 0 Å². The molecule has 34 heavy (non-hydrogen) atoms. The average Bonchev–Trinajstić information content (AvgIpc) is 1.62. The largest absolute Gasteiger partial charge is 0.466 e. The molecule has 0 heterocycles. The Labute approximate surface area is 219 Å². The van der Waals surface area contributed by atoms with E-state index in [0.29, 0.717) is 0 Å². The van der Waals surface area contributed by atoms with Gasteiger partial charge in [-0.15, -0.1) is 0 Å². The number of hydrogen-bond donors (Lipinski definition) is 12. The normalized spacial score (nSPS) is 6.94. The SMILES string of the molecule is O.O.O.O.O.O.O.O.O.O.O.O.O=P(O)(O)O.O=P(O)(O)O.O=P(O)(O)O.O=P(O)(O)O.[MgH2].[MgH2]. The van der Waals surface area contributed by atoms with E-state index in [1.807, 2.05) is 0 Å². The van der Waals surface area contributed by atoms with Gasteiger partial charge in [0.1, 0.15) is 0 Å². The molecule has 0 amide bonds. The molecule has 0 aromatic carbocycles. The lowest BCUT2D eigenvalue weighted by Crippen LogP contribution is -1.66. The molecule has 0 aromatic heterocycles. The van der Waals surface area contributed by atoms with Gasteiger partial charge >= 0.3 is 77.4 Å². The van der Waals surface area contributed by atoms with E-state index in [4.69, 9.17) is 77.0 Å². The maximum Gasteiger partial charge on any atom is 0.466 e. The van der Waals surface area contributed by atoms with Crippen LogP contribution in [0.2, 0.25) is 0 Å². The smallest absolute Gasteiger partial charge is 0.412 e. The van der Waals surface area contributed by atoms with Gasteiger partial charge in [0, 0.05) is 0 Å². The van der Waals surface area contributed by atoms with Crippen LogP contribution in [-0.4, -0.2) is 171 Å². The predicted molar refractivity (Wildman–Crippen MR) is 118 cm³/mol. The van der Waals surface area contributed by atoms with Gasteiger partial charge in [0.2, 0.25) is 0 Å². The Morgan fingerprint density at radius 2 is 0.235 bits per heavy atom. The fourth-order valence-electron chi connectivity index (χ4n) is 0. The van der Waals surface area contributed by atoms with Gasteiger partial charge in [-0.3, -0.25) is 0 Å². The minimum Gasteiger partial charge on any atom is -0.412 e. The first kappa shape index (κ1) is 138. The highest BCUT2D eigenvalue weighted by atomic mass is 31.2. The van der Waals surface area contributed by atoms with Gasteiger partial charge in [-0.25, -0.2) is 18.3 Å². The van der Waals surface area contributed by atoms with E-state index in [0.717, 1.165) is 0 Å². The summed E-state index contributed by atoms with van der Waals surface area (Å²) in [5.41, 5.74) is 0. The lowest BCUT2D eigenvalue weighted by atomic mass is 15.8. The molecular weight excluding hydrogens is 620 g/mol. The summed E-state index contributed by atoms with van der Waals surface area (Å²) in [7, 11) is -18.6. The number of hydrogen-bond acceptors (Lipinski definition) is 4. The Morgan fingerprint density at radius 3 is 0.235 bits per heavy atom. The predicted octanol–water partition coefficient (Wildman–Crippen LogP) is -15.4. The van der Waals surface area contributed by atoms with Crippen molar-refractivity contribution in [2.75, 3.05) is 0 Å². The fraction of sp³-hybridized carbons (Fsp3) is 0. The van der Waals surface area contributed by atoms with Crippen molar-refractivity contribution < 1.29 is 143 Å². The van der Waals surface area contributed by atoms with Crippen molar-refractivity contribution >= 4 is 77.4 Å². The van der Waals surface area contributed by atoms with Crippen molar-refractivity contribution in [3.63, 3.8) is 0 Å². The molecule has 0 aliphatic carbocycles. The average molecular weight is 661 g/mol. The van der Waals surface area contributed by atoms with Crippen LogP contribution >= 0.6 is 31.3 Å². The van der Waals surface area contributed by atoms with E-state index in [1.54, 1.807) is 0 Å². The van der Waals surface area contributed by atoms with E-state index >= 15 is 0 Å². The van der Waals surface area contributed by atoms with Gasteiger partial charge in [0.05, 0.1) is 0 Å². The minimum absolute atomic E-state index is 0. The van der Waals surface area contributed by atoms with Crippen LogP contribution in [0.15, 0.2) is 0 Å². The van der Waals surface area contributed by atoms with E-state index in [-0.39, 0.29) is 112 Å². The first-order chi connectivity index (χ1) is 8.00. The van der Waals surface area contributed by atoms with Crippen LogP contribution in [0.25, 0.3) is 0 Å². The van der Waals surface area contributed by atoms with Gasteiger partial charge in [0.25, 0.3) is 0 Å². The van der Waals surface area contributed by atoms with Crippen LogP contribution in [0, 0.1) is 0 Å². The van der Waals surface area contributed by atoms with Crippen LogP contribution in [0.4, 0.5) is 0 Å². The van der Waals surface area contributed by atoms with Crippen molar-refractivity contribution in [1.29, 1.82) is 0 Å². The summed E-state index contributed by atoms with van der Waals surface area (Å²) in [6.45, 7) is 0. The summed E-state index contributed by atoms with van der Waals surface area (Å²) in [5, 5.41) is 0. The Balaban J connectivity index is -0.00000000552. The van der Waals surface area contributed by atoms with E-state index in [2.05, 4.69) is 0 Å². The summed E-state index contributed by atoms with van der Waals surface area (Å²) < 4.78 is 35.5. The first-order valence-corrected chi connectivity index (χ1v) is 9.39. The second-order valence-corrected chi connectivity index (χ2v) is 6.16. The highest BCUT2D eigenvalue weighted by Crippen LogP contribution is 2.27. The van der Waals surface area contributed by atoms with E-state index < -0.39 is 31.3 Å². The van der Waals surface area contributed by atoms with E-state index in [9.17, 15) is 0 Å². The van der Waals surface area contributed by atoms with Gasteiger partial charge in [-0.05, 0) is 0 Å². The molecule has 0 saturated carbocycles. The molecule has 0 aliphatic heterocycles. The van der Waals surface area contributed by atoms with Crippen LogP contribution in [0.1, 0.15) is 0 Å². The zero-order chi connectivity index (χ0) is 18.0. The Hall–Kier alpha value is 1.49. The van der Waals surface area contributed by atoms with Crippen LogP contribution < -0.4 is 0 Å². The molecule has 0 aromatic rings. The van der Waals surface area contributed by atoms with Gasteiger partial charge in [-0.1, -0.05) is 0 Å². The molecule has 0 spiro atoms. The Kier molecular flexibility index (Phi) is 242. The lowest BCUT2D eigenvalue weighted by molar-refractivity contribution is 0.272. The van der Waals surface area contributed by atoms with Crippen molar-refractivity contribution in [1.82, 2.24) is 0 Å². The maximum absolute atomic E-state index is 8.88. The Morgan fingerprint density at radius 1 is 0.235 bits per heavy atom. The quantitative estimate of drug-likeness (QED) is 0.0847. The monoisotopic (exact) mass is 660 g/mol. The van der Waals surface area contributed by atoms with Gasteiger partial charge in [0.15, 0.2) is 0 Å². The second kappa shape index (κ2) is 59.5. The Bertz CT molecular complexity index is 293. The molecule has 34 heteroatoms.